The Labute approximate surface area is 196 Å². The Kier molecular flexibility index (Phi) is 12.9. The number of ether oxygens (including phenoxy) is 1. The number of morpholine rings is 1. The number of carbonyl (C=O) groups is 1. The van der Waals surface area contributed by atoms with Crippen molar-refractivity contribution in [2.75, 3.05) is 46.4 Å². The molecule has 2 atom stereocenters. The Bertz CT molecular complexity index is 653. The lowest BCUT2D eigenvalue weighted by Gasteiger charge is -2.35. The van der Waals surface area contributed by atoms with Gasteiger partial charge in [0.2, 0.25) is 5.91 Å². The molecular formula is C21H35FIN5O2. The predicted molar refractivity (Wildman–Crippen MR) is 129 cm³/mol. The molecule has 0 bridgehead atoms. The Morgan fingerprint density at radius 1 is 1.23 bits per heavy atom. The molecule has 9 heteroatoms. The summed E-state index contributed by atoms with van der Waals surface area (Å²) in [6, 6.07) is 6.90. The molecule has 0 radical (unpaired) electrons. The van der Waals surface area contributed by atoms with Crippen molar-refractivity contribution in [2.24, 2.45) is 4.99 Å². The molecule has 2 rings (SSSR count). The first-order valence-electron chi connectivity index (χ1n) is 10.3. The number of carbonyl (C=O) groups excluding carboxylic acids is 1. The van der Waals surface area contributed by atoms with Crippen molar-refractivity contribution in [3.05, 3.63) is 35.6 Å². The van der Waals surface area contributed by atoms with Crippen LogP contribution in [0, 0.1) is 5.82 Å². The molecule has 3 N–H and O–H groups in total. The number of amides is 1. The maximum absolute atomic E-state index is 13.4. The van der Waals surface area contributed by atoms with E-state index in [-0.39, 0.29) is 47.8 Å². The number of nitrogens with zero attached hydrogens (tertiary/aromatic N) is 2. The Morgan fingerprint density at radius 2 is 1.90 bits per heavy atom. The molecule has 1 saturated heterocycles. The zero-order chi connectivity index (χ0) is 21.1. The molecule has 1 fully saturated rings. The van der Waals surface area contributed by atoms with Gasteiger partial charge in [0, 0.05) is 45.7 Å². The molecule has 1 aliphatic rings. The summed E-state index contributed by atoms with van der Waals surface area (Å²) < 4.78 is 18.8. The van der Waals surface area contributed by atoms with Crippen LogP contribution in [0.3, 0.4) is 0 Å². The van der Waals surface area contributed by atoms with Crippen molar-refractivity contribution in [1.82, 2.24) is 20.9 Å². The molecule has 1 aliphatic heterocycles. The van der Waals surface area contributed by atoms with E-state index in [0.29, 0.717) is 38.7 Å². The second-order valence-electron chi connectivity index (χ2n) is 7.22. The smallest absolute Gasteiger partial charge is 0.221 e. The molecule has 1 amide bonds. The molecule has 2 unspecified atom stereocenters. The van der Waals surface area contributed by atoms with E-state index in [1.54, 1.807) is 7.05 Å². The molecule has 0 spiro atoms. The van der Waals surface area contributed by atoms with E-state index in [9.17, 15) is 9.18 Å². The third kappa shape index (κ3) is 9.13. The van der Waals surface area contributed by atoms with Gasteiger partial charge in [-0.1, -0.05) is 19.1 Å². The third-order valence-corrected chi connectivity index (χ3v) is 5.09. The number of hydrogen-bond acceptors (Lipinski definition) is 4. The number of nitrogens with one attached hydrogen (secondary N) is 3. The summed E-state index contributed by atoms with van der Waals surface area (Å²) in [5, 5.41) is 9.47. The van der Waals surface area contributed by atoms with Crippen molar-refractivity contribution in [3.8, 4) is 0 Å². The SMILES string of the molecule is CCC(C)NC(=O)CCNC(=NC)NCC(c1ccc(F)cc1)N1CCOCC1.I. The second-order valence-corrected chi connectivity index (χ2v) is 7.22. The fourth-order valence-corrected chi connectivity index (χ4v) is 3.19. The normalized spacial score (nSPS) is 16.9. The summed E-state index contributed by atoms with van der Waals surface area (Å²) in [5.41, 5.74) is 1.05. The maximum Gasteiger partial charge on any atom is 0.221 e. The molecule has 0 aromatic heterocycles. The molecule has 1 heterocycles. The van der Waals surface area contributed by atoms with Crippen molar-refractivity contribution >= 4 is 35.8 Å². The summed E-state index contributed by atoms with van der Waals surface area (Å²) in [4.78, 5) is 18.5. The van der Waals surface area contributed by atoms with E-state index in [0.717, 1.165) is 25.1 Å². The second kappa shape index (κ2) is 14.5. The standard InChI is InChI=1S/C21H34FN5O2.HI/c1-4-16(2)26-20(28)9-10-24-21(23-3)25-15-19(27-11-13-29-14-12-27)17-5-7-18(22)8-6-17;/h5-8,16,19H,4,9-15H2,1-3H3,(H,26,28)(H2,23,24,25);1H. The van der Waals surface area contributed by atoms with Gasteiger partial charge in [-0.15, -0.1) is 24.0 Å². The number of rotatable bonds is 9. The van der Waals surface area contributed by atoms with E-state index >= 15 is 0 Å². The van der Waals surface area contributed by atoms with Crippen molar-refractivity contribution < 1.29 is 13.9 Å². The Balaban J connectivity index is 0.00000450. The number of benzene rings is 1. The Hall–Kier alpha value is -1.46. The number of guanidine groups is 1. The first kappa shape index (κ1) is 26.6. The monoisotopic (exact) mass is 535 g/mol. The highest BCUT2D eigenvalue weighted by atomic mass is 127. The Morgan fingerprint density at radius 3 is 2.50 bits per heavy atom. The van der Waals surface area contributed by atoms with E-state index in [1.165, 1.54) is 12.1 Å². The molecule has 0 saturated carbocycles. The lowest BCUT2D eigenvalue weighted by Crippen LogP contribution is -2.46. The highest BCUT2D eigenvalue weighted by Gasteiger charge is 2.23. The summed E-state index contributed by atoms with van der Waals surface area (Å²) in [6.45, 7) is 8.18. The predicted octanol–water partition coefficient (Wildman–Crippen LogP) is 2.29. The highest BCUT2D eigenvalue weighted by molar-refractivity contribution is 14.0. The van der Waals surface area contributed by atoms with Crippen LogP contribution >= 0.6 is 24.0 Å². The largest absolute Gasteiger partial charge is 0.379 e. The van der Waals surface area contributed by atoms with Gasteiger partial charge in [-0.25, -0.2) is 4.39 Å². The maximum atomic E-state index is 13.4. The number of hydrogen-bond donors (Lipinski definition) is 3. The van der Waals surface area contributed by atoms with Crippen molar-refractivity contribution in [3.63, 3.8) is 0 Å². The van der Waals surface area contributed by atoms with Crippen LogP contribution < -0.4 is 16.0 Å². The lowest BCUT2D eigenvalue weighted by molar-refractivity contribution is -0.121. The zero-order valence-corrected chi connectivity index (χ0v) is 20.4. The van der Waals surface area contributed by atoms with Crippen LogP contribution in [0.4, 0.5) is 4.39 Å². The fourth-order valence-electron chi connectivity index (χ4n) is 3.19. The van der Waals surface area contributed by atoms with Gasteiger partial charge < -0.3 is 20.7 Å². The molecule has 1 aromatic carbocycles. The summed E-state index contributed by atoms with van der Waals surface area (Å²) >= 11 is 0. The van der Waals surface area contributed by atoms with Gasteiger partial charge in [-0.2, -0.15) is 0 Å². The molecule has 30 heavy (non-hydrogen) atoms. The fraction of sp³-hybridized carbons (Fsp3) is 0.619. The molecule has 7 nitrogen and oxygen atoms in total. The third-order valence-electron chi connectivity index (χ3n) is 5.09. The van der Waals surface area contributed by atoms with Crippen LogP contribution in [0.5, 0.6) is 0 Å². The summed E-state index contributed by atoms with van der Waals surface area (Å²) in [6.07, 6.45) is 1.30. The average Bonchev–Trinajstić information content (AvgIpc) is 2.74. The molecule has 170 valence electrons. The van der Waals surface area contributed by atoms with Gasteiger partial charge in [0.05, 0.1) is 19.3 Å². The van der Waals surface area contributed by atoms with E-state index in [4.69, 9.17) is 4.74 Å². The topological polar surface area (TPSA) is 78.0 Å². The van der Waals surface area contributed by atoms with Crippen LogP contribution in [-0.4, -0.2) is 69.2 Å². The van der Waals surface area contributed by atoms with Crippen LogP contribution in [0.1, 0.15) is 38.3 Å². The first-order valence-corrected chi connectivity index (χ1v) is 10.3. The van der Waals surface area contributed by atoms with Gasteiger partial charge in [0.25, 0.3) is 0 Å². The van der Waals surface area contributed by atoms with Crippen molar-refractivity contribution in [1.29, 1.82) is 0 Å². The van der Waals surface area contributed by atoms with Gasteiger partial charge >= 0.3 is 0 Å². The van der Waals surface area contributed by atoms with Gasteiger partial charge in [0.15, 0.2) is 5.96 Å². The van der Waals surface area contributed by atoms with Crippen molar-refractivity contribution in [2.45, 2.75) is 38.8 Å². The van der Waals surface area contributed by atoms with E-state index in [2.05, 4.69) is 25.8 Å². The lowest BCUT2D eigenvalue weighted by atomic mass is 10.0. The van der Waals surface area contributed by atoms with Crippen LogP contribution in [0.2, 0.25) is 0 Å². The van der Waals surface area contributed by atoms with E-state index in [1.807, 2.05) is 26.0 Å². The highest BCUT2D eigenvalue weighted by Crippen LogP contribution is 2.21. The minimum Gasteiger partial charge on any atom is -0.379 e. The average molecular weight is 535 g/mol. The molecule has 0 aliphatic carbocycles. The minimum absolute atomic E-state index is 0. The molecular weight excluding hydrogens is 500 g/mol. The number of halogens is 2. The van der Waals surface area contributed by atoms with E-state index < -0.39 is 0 Å². The first-order chi connectivity index (χ1) is 14.0. The quantitative estimate of drug-likeness (QED) is 0.257. The van der Waals surface area contributed by atoms with Gasteiger partial charge in [-0.05, 0) is 31.0 Å². The van der Waals surface area contributed by atoms with Gasteiger partial charge in [0.1, 0.15) is 5.82 Å². The van der Waals surface area contributed by atoms with Crippen LogP contribution in [-0.2, 0) is 9.53 Å². The minimum atomic E-state index is -0.240. The van der Waals surface area contributed by atoms with Crippen LogP contribution in [0.15, 0.2) is 29.3 Å². The molecule has 1 aromatic rings. The van der Waals surface area contributed by atoms with Crippen LogP contribution in [0.25, 0.3) is 0 Å². The van der Waals surface area contributed by atoms with Gasteiger partial charge in [-0.3, -0.25) is 14.7 Å². The summed E-state index contributed by atoms with van der Waals surface area (Å²) in [5.74, 6) is 0.428. The zero-order valence-electron chi connectivity index (χ0n) is 18.1. The number of aliphatic imine (C=N–C) groups is 1. The summed E-state index contributed by atoms with van der Waals surface area (Å²) in [7, 11) is 1.70.